The number of carbonyl (C=O) groups is 2. The first-order chi connectivity index (χ1) is 15.6. The number of benzene rings is 2. The first-order valence-electron chi connectivity index (χ1n) is 9.77. The van der Waals surface area contributed by atoms with Crippen molar-refractivity contribution in [1.29, 1.82) is 0 Å². The van der Waals surface area contributed by atoms with E-state index in [1.165, 1.54) is 21.3 Å². The number of anilines is 2. The highest BCUT2D eigenvalue weighted by molar-refractivity contribution is 8.14. The molecule has 0 saturated carbocycles. The van der Waals surface area contributed by atoms with Crippen LogP contribution >= 0.6 is 11.8 Å². The van der Waals surface area contributed by atoms with Crippen molar-refractivity contribution in [1.82, 2.24) is 5.27 Å². The van der Waals surface area contributed by atoms with Crippen molar-refractivity contribution in [2.45, 2.75) is 0 Å². The number of nitrogens with one attached hydrogen (secondary N) is 1. The standard InChI is InChI=1S/C23H19N5O3S/c1-27-15-21(31-26-27)25-20(29)16-32-23-24-19(14-8-11-17-9-4-2-5-10-17)22(30)28(23)18-12-6-3-7-13-18/h2-15H,16H2,1H3/p+1/b11-8+,19-14+. The molecular weight excluding hydrogens is 426 g/mol. The second-order valence-corrected chi connectivity index (χ2v) is 7.71. The molecule has 0 saturated heterocycles. The lowest BCUT2D eigenvalue weighted by Crippen LogP contribution is -2.31. The third-order valence-electron chi connectivity index (χ3n) is 4.35. The molecular formula is C23H20N5O3S+. The molecule has 2 heterocycles. The van der Waals surface area contributed by atoms with Gasteiger partial charge in [-0.1, -0.05) is 77.1 Å². The van der Waals surface area contributed by atoms with E-state index in [0.717, 1.165) is 5.56 Å². The van der Waals surface area contributed by atoms with Gasteiger partial charge < -0.3 is 0 Å². The van der Waals surface area contributed by atoms with Crippen LogP contribution in [0, 0.1) is 0 Å². The Kier molecular flexibility index (Phi) is 6.57. The highest BCUT2D eigenvalue weighted by Gasteiger charge is 2.32. The van der Waals surface area contributed by atoms with Crippen LogP contribution in [0.1, 0.15) is 5.56 Å². The molecule has 3 aromatic rings. The number of amides is 2. The lowest BCUT2D eigenvalue weighted by Gasteiger charge is -2.17. The van der Waals surface area contributed by atoms with E-state index in [9.17, 15) is 9.59 Å². The number of para-hydroxylation sites is 1. The number of nitrogens with zero attached hydrogens (tertiary/aromatic N) is 4. The van der Waals surface area contributed by atoms with Crippen LogP contribution < -0.4 is 14.9 Å². The van der Waals surface area contributed by atoms with Gasteiger partial charge in [0.2, 0.25) is 5.91 Å². The van der Waals surface area contributed by atoms with Gasteiger partial charge in [0.1, 0.15) is 5.70 Å². The summed E-state index contributed by atoms with van der Waals surface area (Å²) < 4.78 is 6.42. The Bertz CT molecular complexity index is 1200. The molecule has 0 atom stereocenters. The van der Waals surface area contributed by atoms with E-state index in [4.69, 9.17) is 4.52 Å². The molecule has 8 nitrogen and oxygen atoms in total. The molecule has 0 aliphatic carbocycles. The molecule has 9 heteroatoms. The molecule has 0 radical (unpaired) electrons. The van der Waals surface area contributed by atoms with Crippen LogP contribution in [0.5, 0.6) is 0 Å². The van der Waals surface area contributed by atoms with Gasteiger partial charge in [0, 0.05) is 0 Å². The van der Waals surface area contributed by atoms with Crippen molar-refractivity contribution >= 4 is 46.4 Å². The maximum absolute atomic E-state index is 13.1. The van der Waals surface area contributed by atoms with E-state index < -0.39 is 0 Å². The summed E-state index contributed by atoms with van der Waals surface area (Å²) in [7, 11) is 1.69. The Morgan fingerprint density at radius 2 is 1.88 bits per heavy atom. The Balaban J connectivity index is 1.51. The monoisotopic (exact) mass is 446 g/mol. The van der Waals surface area contributed by atoms with Crippen LogP contribution in [0.3, 0.4) is 0 Å². The van der Waals surface area contributed by atoms with Crippen LogP contribution in [0.2, 0.25) is 0 Å². The number of allylic oxidation sites excluding steroid dienone is 2. The topological polar surface area (TPSA) is 91.7 Å². The summed E-state index contributed by atoms with van der Waals surface area (Å²) in [5.41, 5.74) is 2.00. The molecule has 1 N–H and O–H groups in total. The number of amidine groups is 1. The number of aryl methyl sites for hydroxylation is 1. The van der Waals surface area contributed by atoms with Crippen LogP contribution in [0.25, 0.3) is 6.08 Å². The molecule has 0 unspecified atom stereocenters. The van der Waals surface area contributed by atoms with Crippen molar-refractivity contribution in [3.05, 3.63) is 90.3 Å². The fourth-order valence-corrected chi connectivity index (χ4v) is 3.72. The van der Waals surface area contributed by atoms with E-state index in [1.54, 1.807) is 25.4 Å². The zero-order valence-electron chi connectivity index (χ0n) is 17.2. The summed E-state index contributed by atoms with van der Waals surface area (Å²) >= 11 is 1.17. The van der Waals surface area contributed by atoms with Gasteiger partial charge in [-0.3, -0.25) is 24.3 Å². The third-order valence-corrected chi connectivity index (χ3v) is 5.29. The fraction of sp³-hybridized carbons (Fsp3) is 0.0870. The quantitative estimate of drug-likeness (QED) is 0.464. The summed E-state index contributed by atoms with van der Waals surface area (Å²) in [6.45, 7) is 0. The molecule has 0 bridgehead atoms. The third kappa shape index (κ3) is 5.19. The first kappa shape index (κ1) is 21.3. The Morgan fingerprint density at radius 1 is 1.16 bits per heavy atom. The Morgan fingerprint density at radius 3 is 2.56 bits per heavy atom. The summed E-state index contributed by atoms with van der Waals surface area (Å²) in [5, 5.41) is 6.71. The Labute approximate surface area is 188 Å². The Hall–Kier alpha value is -3.98. The number of hydrogen-bond acceptors (Lipinski definition) is 6. The normalized spacial score (nSPS) is 14.9. The smallest absolute Gasteiger partial charge is 0.288 e. The predicted molar refractivity (Wildman–Crippen MR) is 124 cm³/mol. The molecule has 2 aromatic carbocycles. The van der Waals surface area contributed by atoms with Gasteiger partial charge in [-0.25, -0.2) is 4.99 Å². The molecule has 4 rings (SSSR count). The van der Waals surface area contributed by atoms with E-state index in [0.29, 0.717) is 16.6 Å². The van der Waals surface area contributed by atoms with Crippen molar-refractivity contribution in [2.24, 2.45) is 12.0 Å². The molecule has 0 spiro atoms. The SMILES string of the molecule is C[n+]1cc(NC(=O)CSC2=N/C(=C/C=C/c3ccccc3)C(=O)N2c2ccccc2)on1. The number of thioether (sulfide) groups is 1. The minimum atomic E-state index is -0.295. The van der Waals surface area contributed by atoms with Crippen LogP contribution in [-0.2, 0) is 16.6 Å². The average molecular weight is 447 g/mol. The number of aromatic nitrogens is 2. The van der Waals surface area contributed by atoms with E-state index in [-0.39, 0.29) is 23.5 Å². The second-order valence-electron chi connectivity index (χ2n) is 6.77. The van der Waals surface area contributed by atoms with Gasteiger partial charge in [0.05, 0.1) is 11.4 Å². The average Bonchev–Trinajstić information content (AvgIpc) is 3.36. The molecule has 160 valence electrons. The largest absolute Gasteiger partial charge is 0.302 e. The van der Waals surface area contributed by atoms with E-state index in [2.05, 4.69) is 15.6 Å². The first-order valence-corrected chi connectivity index (χ1v) is 10.8. The maximum Gasteiger partial charge on any atom is 0.302 e. The zero-order chi connectivity index (χ0) is 22.3. The number of rotatable bonds is 6. The van der Waals surface area contributed by atoms with Gasteiger partial charge in [-0.05, 0) is 23.8 Å². The zero-order valence-corrected chi connectivity index (χ0v) is 18.0. The van der Waals surface area contributed by atoms with Crippen LogP contribution in [-0.4, -0.2) is 28.0 Å². The molecule has 2 amide bonds. The van der Waals surface area contributed by atoms with Gasteiger partial charge in [-0.15, -0.1) is 0 Å². The fourth-order valence-electron chi connectivity index (χ4n) is 2.91. The molecule has 0 fully saturated rings. The second kappa shape index (κ2) is 9.88. The van der Waals surface area contributed by atoms with Crippen LogP contribution in [0.4, 0.5) is 11.6 Å². The number of carbonyl (C=O) groups excluding carboxylic acids is 2. The van der Waals surface area contributed by atoms with Crippen molar-refractivity contribution in [3.63, 3.8) is 0 Å². The molecule has 1 aliphatic rings. The van der Waals surface area contributed by atoms with E-state index in [1.807, 2.05) is 66.7 Å². The van der Waals surface area contributed by atoms with Crippen LogP contribution in [0.15, 0.2) is 94.2 Å². The van der Waals surface area contributed by atoms with Gasteiger partial charge in [0.25, 0.3) is 12.1 Å². The summed E-state index contributed by atoms with van der Waals surface area (Å²) in [4.78, 5) is 31.4. The van der Waals surface area contributed by atoms with Crippen molar-refractivity contribution in [3.8, 4) is 0 Å². The lowest BCUT2D eigenvalue weighted by atomic mass is 10.2. The van der Waals surface area contributed by atoms with Crippen molar-refractivity contribution in [2.75, 3.05) is 16.0 Å². The highest BCUT2D eigenvalue weighted by Crippen LogP contribution is 2.28. The summed E-state index contributed by atoms with van der Waals surface area (Å²) in [5.74, 6) is -0.253. The minimum Gasteiger partial charge on any atom is -0.288 e. The van der Waals surface area contributed by atoms with E-state index >= 15 is 0 Å². The summed E-state index contributed by atoms with van der Waals surface area (Å²) in [6, 6.07) is 19.0. The predicted octanol–water partition coefficient (Wildman–Crippen LogP) is 3.17. The molecule has 1 aliphatic heterocycles. The number of hydrogen-bond donors (Lipinski definition) is 1. The van der Waals surface area contributed by atoms with Gasteiger partial charge in [-0.2, -0.15) is 0 Å². The summed E-state index contributed by atoms with van der Waals surface area (Å²) in [6.07, 6.45) is 6.92. The minimum absolute atomic E-state index is 0.0486. The lowest BCUT2D eigenvalue weighted by molar-refractivity contribution is -0.739. The molecule has 32 heavy (non-hydrogen) atoms. The maximum atomic E-state index is 13.1. The molecule has 1 aromatic heterocycles. The van der Waals surface area contributed by atoms with Gasteiger partial charge in [0.15, 0.2) is 17.5 Å². The number of aliphatic imine (C=N–C) groups is 1. The van der Waals surface area contributed by atoms with Gasteiger partial charge >= 0.3 is 5.88 Å². The highest BCUT2D eigenvalue weighted by atomic mass is 32.2. The van der Waals surface area contributed by atoms with Crippen molar-refractivity contribution < 1.29 is 18.8 Å².